The van der Waals surface area contributed by atoms with Gasteiger partial charge in [0.2, 0.25) is 0 Å². The number of fused-ring (bicyclic) bond motifs is 4. The van der Waals surface area contributed by atoms with Crippen LogP contribution in [0.25, 0.3) is 87.8 Å². The molecule has 0 aliphatic carbocycles. The fraction of sp³-hybridized carbons (Fsp3) is 0. The van der Waals surface area contributed by atoms with Crippen molar-refractivity contribution in [1.29, 1.82) is 0 Å². The van der Waals surface area contributed by atoms with Gasteiger partial charge in [-0.1, -0.05) is 103 Å². The Morgan fingerprint density at radius 3 is 2.02 bits per heavy atom. The van der Waals surface area contributed by atoms with Crippen LogP contribution in [0.15, 0.2) is 156 Å². The van der Waals surface area contributed by atoms with Crippen molar-refractivity contribution in [2.24, 2.45) is 0 Å². The standard InChI is InChI=1S/C41H25N3OS/c1-3-11-26(12-4-1)28-15-9-16-29(23-28)34-25-35(43-40(42-34)27-13-5-2-6-14-27)31-17-10-19-37-39(31)32-24-30(21-22-36(32)45-37)41-44-33-18-7-8-20-38(33)46-41/h1-25H. The first kappa shape index (κ1) is 26.5. The van der Waals surface area contributed by atoms with Crippen molar-refractivity contribution in [1.82, 2.24) is 15.0 Å². The van der Waals surface area contributed by atoms with E-state index in [2.05, 4.69) is 109 Å². The van der Waals surface area contributed by atoms with Gasteiger partial charge in [0.25, 0.3) is 0 Å². The topological polar surface area (TPSA) is 51.8 Å². The molecule has 5 heteroatoms. The van der Waals surface area contributed by atoms with E-state index >= 15 is 0 Å². The van der Waals surface area contributed by atoms with Crippen molar-refractivity contribution in [2.45, 2.75) is 0 Å². The molecule has 0 bridgehead atoms. The summed E-state index contributed by atoms with van der Waals surface area (Å²) in [6.45, 7) is 0. The number of thiazole rings is 1. The third kappa shape index (κ3) is 4.66. The van der Waals surface area contributed by atoms with Crippen LogP contribution in [0, 0.1) is 0 Å². The summed E-state index contributed by atoms with van der Waals surface area (Å²) in [4.78, 5) is 15.2. The lowest BCUT2D eigenvalue weighted by atomic mass is 9.99. The maximum atomic E-state index is 6.40. The molecule has 0 fully saturated rings. The number of para-hydroxylation sites is 1. The largest absolute Gasteiger partial charge is 0.456 e. The van der Waals surface area contributed by atoms with Crippen LogP contribution in [-0.4, -0.2) is 15.0 Å². The highest BCUT2D eigenvalue weighted by molar-refractivity contribution is 7.21. The van der Waals surface area contributed by atoms with Gasteiger partial charge in [-0.15, -0.1) is 11.3 Å². The minimum Gasteiger partial charge on any atom is -0.456 e. The number of hydrogen-bond donors (Lipinski definition) is 0. The van der Waals surface area contributed by atoms with Gasteiger partial charge in [-0.2, -0.15) is 0 Å². The Labute approximate surface area is 269 Å². The molecule has 0 spiro atoms. The quantitative estimate of drug-likeness (QED) is 0.195. The minimum absolute atomic E-state index is 0.679. The van der Waals surface area contributed by atoms with E-state index in [-0.39, 0.29) is 0 Å². The molecule has 0 saturated carbocycles. The Bertz CT molecular complexity index is 2500. The maximum absolute atomic E-state index is 6.40. The summed E-state index contributed by atoms with van der Waals surface area (Å²) in [5.41, 5.74) is 10.7. The number of rotatable bonds is 5. The molecule has 46 heavy (non-hydrogen) atoms. The van der Waals surface area contributed by atoms with Crippen LogP contribution in [0.5, 0.6) is 0 Å². The fourth-order valence-corrected chi connectivity index (χ4v) is 7.07. The van der Waals surface area contributed by atoms with E-state index in [1.807, 2.05) is 42.5 Å². The van der Waals surface area contributed by atoms with Gasteiger partial charge < -0.3 is 4.42 Å². The predicted octanol–water partition coefficient (Wildman–Crippen LogP) is 11.3. The highest BCUT2D eigenvalue weighted by Crippen LogP contribution is 2.40. The van der Waals surface area contributed by atoms with Crippen LogP contribution in [0.2, 0.25) is 0 Å². The lowest BCUT2D eigenvalue weighted by molar-refractivity contribution is 0.669. The molecule has 0 aliphatic rings. The maximum Gasteiger partial charge on any atom is 0.160 e. The molecule has 0 N–H and O–H groups in total. The lowest BCUT2D eigenvalue weighted by Crippen LogP contribution is -1.96. The normalized spacial score (nSPS) is 11.5. The number of furan rings is 1. The predicted molar refractivity (Wildman–Crippen MR) is 190 cm³/mol. The number of aromatic nitrogens is 3. The van der Waals surface area contributed by atoms with Crippen LogP contribution in [0.4, 0.5) is 0 Å². The molecule has 0 saturated heterocycles. The monoisotopic (exact) mass is 607 g/mol. The first-order chi connectivity index (χ1) is 22.8. The highest BCUT2D eigenvalue weighted by Gasteiger charge is 2.18. The minimum atomic E-state index is 0.679. The molecule has 0 amide bonds. The second-order valence-corrected chi connectivity index (χ2v) is 12.3. The van der Waals surface area contributed by atoms with E-state index < -0.39 is 0 Å². The number of nitrogens with zero attached hydrogens (tertiary/aromatic N) is 3. The van der Waals surface area contributed by atoms with Crippen LogP contribution in [-0.2, 0) is 0 Å². The van der Waals surface area contributed by atoms with Gasteiger partial charge in [0.1, 0.15) is 16.2 Å². The second kappa shape index (κ2) is 10.9. The Balaban J connectivity index is 1.25. The zero-order valence-corrected chi connectivity index (χ0v) is 25.4. The Morgan fingerprint density at radius 2 is 1.17 bits per heavy atom. The van der Waals surface area contributed by atoms with Crippen LogP contribution in [0.1, 0.15) is 0 Å². The molecule has 9 aromatic rings. The zero-order chi connectivity index (χ0) is 30.5. The molecule has 3 heterocycles. The van der Waals surface area contributed by atoms with Gasteiger partial charge in [0.05, 0.1) is 21.6 Å². The smallest absolute Gasteiger partial charge is 0.160 e. The van der Waals surface area contributed by atoms with Crippen LogP contribution >= 0.6 is 11.3 Å². The van der Waals surface area contributed by atoms with E-state index in [1.54, 1.807) is 11.3 Å². The van der Waals surface area contributed by atoms with Crippen LogP contribution < -0.4 is 0 Å². The molecule has 0 radical (unpaired) electrons. The third-order valence-corrected chi connectivity index (χ3v) is 9.42. The first-order valence-electron chi connectivity index (χ1n) is 15.2. The Kier molecular flexibility index (Phi) is 6.28. The molecule has 4 nitrogen and oxygen atoms in total. The molecular formula is C41H25N3OS. The van der Waals surface area contributed by atoms with E-state index in [0.717, 1.165) is 71.7 Å². The van der Waals surface area contributed by atoms with Gasteiger partial charge in [-0.05, 0) is 59.7 Å². The molecule has 216 valence electrons. The van der Waals surface area contributed by atoms with Gasteiger partial charge in [0, 0.05) is 33.0 Å². The average molecular weight is 608 g/mol. The SMILES string of the molecule is c1ccc(-c2cccc(-c3cc(-c4cccc5oc6ccc(-c7nc8ccccc8s7)cc6c45)nc(-c4ccccc4)n3)c2)cc1. The highest BCUT2D eigenvalue weighted by atomic mass is 32.1. The van der Waals surface area contributed by atoms with Crippen molar-refractivity contribution >= 4 is 43.5 Å². The number of hydrogen-bond acceptors (Lipinski definition) is 5. The van der Waals surface area contributed by atoms with Gasteiger partial charge in [-0.3, -0.25) is 0 Å². The molecule has 0 unspecified atom stereocenters. The van der Waals surface area contributed by atoms with Crippen molar-refractivity contribution in [3.8, 4) is 55.6 Å². The zero-order valence-electron chi connectivity index (χ0n) is 24.6. The van der Waals surface area contributed by atoms with E-state index in [1.165, 1.54) is 10.3 Å². The van der Waals surface area contributed by atoms with E-state index in [4.69, 9.17) is 19.4 Å². The van der Waals surface area contributed by atoms with Crippen molar-refractivity contribution in [2.75, 3.05) is 0 Å². The molecule has 6 aromatic carbocycles. The molecule has 9 rings (SSSR count). The summed E-state index contributed by atoms with van der Waals surface area (Å²) < 4.78 is 7.57. The molecule has 3 aromatic heterocycles. The van der Waals surface area contributed by atoms with Gasteiger partial charge in [-0.25, -0.2) is 15.0 Å². The van der Waals surface area contributed by atoms with Crippen molar-refractivity contribution in [3.05, 3.63) is 152 Å². The van der Waals surface area contributed by atoms with E-state index in [0.29, 0.717) is 5.82 Å². The summed E-state index contributed by atoms with van der Waals surface area (Å²) in [5.74, 6) is 0.679. The molecule has 0 atom stereocenters. The summed E-state index contributed by atoms with van der Waals surface area (Å²) in [6, 6.07) is 52.1. The average Bonchev–Trinajstić information content (AvgIpc) is 3.74. The van der Waals surface area contributed by atoms with Gasteiger partial charge in [0.15, 0.2) is 5.82 Å². The van der Waals surface area contributed by atoms with Crippen LogP contribution in [0.3, 0.4) is 0 Å². The summed E-state index contributed by atoms with van der Waals surface area (Å²) in [5, 5.41) is 3.06. The first-order valence-corrected chi connectivity index (χ1v) is 16.0. The third-order valence-electron chi connectivity index (χ3n) is 8.34. The summed E-state index contributed by atoms with van der Waals surface area (Å²) >= 11 is 1.70. The Hall–Kier alpha value is -5.91. The Morgan fingerprint density at radius 1 is 0.457 bits per heavy atom. The second-order valence-electron chi connectivity index (χ2n) is 11.3. The fourth-order valence-electron chi connectivity index (χ4n) is 6.11. The van der Waals surface area contributed by atoms with Crippen molar-refractivity contribution in [3.63, 3.8) is 0 Å². The number of benzene rings is 6. The summed E-state index contributed by atoms with van der Waals surface area (Å²) in [6.07, 6.45) is 0. The molecular weight excluding hydrogens is 583 g/mol. The lowest BCUT2D eigenvalue weighted by Gasteiger charge is -2.11. The summed E-state index contributed by atoms with van der Waals surface area (Å²) in [7, 11) is 0. The van der Waals surface area contributed by atoms with Crippen molar-refractivity contribution < 1.29 is 4.42 Å². The van der Waals surface area contributed by atoms with E-state index in [9.17, 15) is 0 Å². The molecule has 0 aliphatic heterocycles. The van der Waals surface area contributed by atoms with Gasteiger partial charge >= 0.3 is 0 Å².